The second-order valence-corrected chi connectivity index (χ2v) is 7.36. The van der Waals surface area contributed by atoms with Crippen molar-refractivity contribution in [1.29, 1.82) is 0 Å². The van der Waals surface area contributed by atoms with Crippen LogP contribution in [0.25, 0.3) is 33.8 Å². The maximum absolute atomic E-state index is 11.9. The summed E-state index contributed by atoms with van der Waals surface area (Å²) in [5.74, 6) is -0.110. The third kappa shape index (κ3) is 3.35. The summed E-state index contributed by atoms with van der Waals surface area (Å²) in [4.78, 5) is 21.2. The minimum Gasteiger partial charge on any atom is -0.392 e. The number of hydrogen-bond donors (Lipinski definition) is 2. The molecule has 1 amide bonds. The van der Waals surface area contributed by atoms with Gasteiger partial charge in [0.05, 0.1) is 29.2 Å². The lowest BCUT2D eigenvalue weighted by Crippen LogP contribution is -2.15. The topological polar surface area (TPSA) is 130 Å². The van der Waals surface area contributed by atoms with Gasteiger partial charge in [0.1, 0.15) is 17.1 Å². The number of imidazole rings is 1. The van der Waals surface area contributed by atoms with Crippen molar-refractivity contribution in [2.45, 2.75) is 40.0 Å². The highest BCUT2D eigenvalue weighted by Crippen LogP contribution is 2.30. The Bertz CT molecular complexity index is 1250. The first-order chi connectivity index (χ1) is 14.3. The number of fused-ring (bicyclic) bond motifs is 1. The third-order valence-electron chi connectivity index (χ3n) is 4.91. The molecule has 10 heteroatoms. The molecule has 0 radical (unpaired) electrons. The molecule has 4 aromatic rings. The monoisotopic (exact) mass is 408 g/mol. The van der Waals surface area contributed by atoms with Crippen molar-refractivity contribution < 1.29 is 9.90 Å². The van der Waals surface area contributed by atoms with Gasteiger partial charge in [-0.3, -0.25) is 14.2 Å². The molecule has 0 aromatic carbocycles. The smallest absolute Gasteiger partial charge is 0.267 e. The predicted octanol–water partition coefficient (Wildman–Crippen LogP) is 1.50. The third-order valence-corrected chi connectivity index (χ3v) is 4.91. The molecule has 1 atom stereocenters. The van der Waals surface area contributed by atoms with E-state index in [1.165, 1.54) is 0 Å². The molecule has 1 unspecified atom stereocenters. The van der Waals surface area contributed by atoms with Crippen LogP contribution in [0.3, 0.4) is 0 Å². The molecule has 0 aliphatic rings. The van der Waals surface area contributed by atoms with Crippen molar-refractivity contribution in [3.63, 3.8) is 0 Å². The summed E-state index contributed by atoms with van der Waals surface area (Å²) in [5, 5.41) is 19.6. The second kappa shape index (κ2) is 7.38. The number of nitrogens with two attached hydrogens (primary N) is 1. The van der Waals surface area contributed by atoms with E-state index in [4.69, 9.17) is 10.7 Å². The summed E-state index contributed by atoms with van der Waals surface area (Å²) >= 11 is 0. The fourth-order valence-corrected chi connectivity index (χ4v) is 3.58. The molecule has 0 spiro atoms. The van der Waals surface area contributed by atoms with E-state index in [0.717, 1.165) is 22.3 Å². The predicted molar refractivity (Wildman–Crippen MR) is 112 cm³/mol. The lowest BCUT2D eigenvalue weighted by molar-refractivity contribution is 0.0995. The van der Waals surface area contributed by atoms with E-state index in [-0.39, 0.29) is 5.69 Å². The molecule has 0 saturated carbocycles. The van der Waals surface area contributed by atoms with E-state index in [9.17, 15) is 9.90 Å². The summed E-state index contributed by atoms with van der Waals surface area (Å²) in [6.07, 6.45) is 2.95. The van der Waals surface area contributed by atoms with Crippen LogP contribution in [0.15, 0.2) is 24.5 Å². The molecule has 4 rings (SSSR count). The zero-order chi connectivity index (χ0) is 21.6. The van der Waals surface area contributed by atoms with Gasteiger partial charge in [0, 0.05) is 31.7 Å². The van der Waals surface area contributed by atoms with Gasteiger partial charge in [-0.15, -0.1) is 0 Å². The Morgan fingerprint density at radius 2 is 2.07 bits per heavy atom. The molecule has 3 N–H and O–H groups in total. The number of aryl methyl sites for hydroxylation is 3. The van der Waals surface area contributed by atoms with Crippen molar-refractivity contribution in [3.05, 3.63) is 35.9 Å². The largest absolute Gasteiger partial charge is 0.392 e. The van der Waals surface area contributed by atoms with Gasteiger partial charge in [-0.1, -0.05) is 0 Å². The van der Waals surface area contributed by atoms with Gasteiger partial charge in [0.15, 0.2) is 5.82 Å². The Kier molecular flexibility index (Phi) is 4.86. The number of nitrogens with zero attached hydrogens (tertiary/aromatic N) is 7. The summed E-state index contributed by atoms with van der Waals surface area (Å²) in [6, 6.07) is 3.59. The fourth-order valence-electron chi connectivity index (χ4n) is 3.58. The number of aliphatic hydroxyl groups excluding tert-OH is 1. The lowest BCUT2D eigenvalue weighted by atomic mass is 10.2. The SMILES string of the molecule is CCn1nc(C)cc1-c1cn(CC(C)O)c(-c2nc(C(N)=O)cc3c2cnn3C)n1. The standard InChI is InChI=1S/C20H24N8O2/c1-5-28-17(6-11(2)25-28)15-10-27(9-12(3)29)20(24-15)18-13-8-22-26(4)16(13)7-14(23-18)19(21)30/h6-8,10,12,29H,5,9H2,1-4H3,(H2,21,30). The Morgan fingerprint density at radius 1 is 1.30 bits per heavy atom. The van der Waals surface area contributed by atoms with E-state index in [1.807, 2.05) is 35.4 Å². The molecule has 4 heterocycles. The first kappa shape index (κ1) is 19.8. The molecule has 4 aromatic heterocycles. The van der Waals surface area contributed by atoms with Crippen LogP contribution in [-0.4, -0.2) is 51.2 Å². The molecule has 156 valence electrons. The van der Waals surface area contributed by atoms with E-state index in [0.29, 0.717) is 30.3 Å². The zero-order valence-corrected chi connectivity index (χ0v) is 17.4. The summed E-state index contributed by atoms with van der Waals surface area (Å²) < 4.78 is 5.37. The van der Waals surface area contributed by atoms with E-state index in [1.54, 1.807) is 30.9 Å². The molecule has 30 heavy (non-hydrogen) atoms. The van der Waals surface area contributed by atoms with Crippen LogP contribution in [-0.2, 0) is 20.1 Å². The van der Waals surface area contributed by atoms with Gasteiger partial charge >= 0.3 is 0 Å². The number of rotatable bonds is 6. The molecule has 10 nitrogen and oxygen atoms in total. The Hall–Kier alpha value is -3.53. The molecular weight excluding hydrogens is 384 g/mol. The maximum atomic E-state index is 11.9. The number of carbonyl (C=O) groups is 1. The number of carbonyl (C=O) groups excluding carboxylic acids is 1. The molecular formula is C20H24N8O2. The van der Waals surface area contributed by atoms with E-state index >= 15 is 0 Å². The maximum Gasteiger partial charge on any atom is 0.267 e. The van der Waals surface area contributed by atoms with Crippen LogP contribution in [0.1, 0.15) is 30.0 Å². The average Bonchev–Trinajstić information content (AvgIpc) is 3.37. The number of amides is 1. The first-order valence-corrected chi connectivity index (χ1v) is 9.71. The number of primary amides is 1. The van der Waals surface area contributed by atoms with Crippen molar-refractivity contribution in [2.24, 2.45) is 12.8 Å². The summed E-state index contributed by atoms with van der Waals surface area (Å²) in [6.45, 7) is 6.66. The van der Waals surface area contributed by atoms with Gasteiger partial charge in [-0.05, 0) is 32.9 Å². The fraction of sp³-hybridized carbons (Fsp3) is 0.350. The van der Waals surface area contributed by atoms with Crippen LogP contribution in [0.4, 0.5) is 0 Å². The second-order valence-electron chi connectivity index (χ2n) is 7.36. The van der Waals surface area contributed by atoms with E-state index < -0.39 is 12.0 Å². The highest BCUT2D eigenvalue weighted by molar-refractivity contribution is 5.99. The highest BCUT2D eigenvalue weighted by atomic mass is 16.3. The van der Waals surface area contributed by atoms with Gasteiger partial charge in [-0.2, -0.15) is 10.2 Å². The molecule has 0 aliphatic heterocycles. The summed E-state index contributed by atoms with van der Waals surface area (Å²) in [5.41, 5.74) is 9.32. The molecule has 0 fully saturated rings. The quantitative estimate of drug-likeness (QED) is 0.497. The number of hydrogen-bond acceptors (Lipinski definition) is 6. The van der Waals surface area contributed by atoms with Gasteiger partial charge < -0.3 is 15.4 Å². The molecule has 0 bridgehead atoms. The van der Waals surface area contributed by atoms with Crippen LogP contribution in [0, 0.1) is 6.92 Å². The first-order valence-electron chi connectivity index (χ1n) is 9.71. The Morgan fingerprint density at radius 3 is 2.73 bits per heavy atom. The van der Waals surface area contributed by atoms with Crippen molar-refractivity contribution in [1.82, 2.24) is 34.1 Å². The Balaban J connectivity index is 1.98. The van der Waals surface area contributed by atoms with Crippen molar-refractivity contribution in [2.75, 3.05) is 0 Å². The van der Waals surface area contributed by atoms with Crippen LogP contribution in [0.2, 0.25) is 0 Å². The van der Waals surface area contributed by atoms with Crippen LogP contribution < -0.4 is 5.73 Å². The lowest BCUT2D eigenvalue weighted by Gasteiger charge is -2.10. The van der Waals surface area contributed by atoms with Crippen molar-refractivity contribution >= 4 is 16.8 Å². The van der Waals surface area contributed by atoms with Gasteiger partial charge in [0.2, 0.25) is 0 Å². The minimum absolute atomic E-state index is 0.128. The number of aliphatic hydroxyl groups is 1. The zero-order valence-electron chi connectivity index (χ0n) is 17.4. The Labute approximate surface area is 173 Å². The molecule has 0 saturated heterocycles. The number of aromatic nitrogens is 7. The minimum atomic E-state index is -0.632. The number of pyridine rings is 1. The van der Waals surface area contributed by atoms with Gasteiger partial charge in [-0.25, -0.2) is 9.97 Å². The normalized spacial score (nSPS) is 12.6. The van der Waals surface area contributed by atoms with Crippen LogP contribution >= 0.6 is 0 Å². The van der Waals surface area contributed by atoms with Crippen LogP contribution in [0.5, 0.6) is 0 Å². The molecule has 0 aliphatic carbocycles. The van der Waals surface area contributed by atoms with Gasteiger partial charge in [0.25, 0.3) is 5.91 Å². The van der Waals surface area contributed by atoms with E-state index in [2.05, 4.69) is 15.2 Å². The van der Waals surface area contributed by atoms with Crippen molar-refractivity contribution in [3.8, 4) is 22.9 Å². The highest BCUT2D eigenvalue weighted by Gasteiger charge is 2.21. The summed E-state index contributed by atoms with van der Waals surface area (Å²) in [7, 11) is 1.78. The average molecular weight is 408 g/mol.